The van der Waals surface area contributed by atoms with Crippen LogP contribution in [0.5, 0.6) is 0 Å². The molecular formula is C12H9ClN4O. The molecule has 0 spiro atoms. The maximum Gasteiger partial charge on any atom is 0.289 e. The zero-order valence-electron chi connectivity index (χ0n) is 9.25. The predicted molar refractivity (Wildman–Crippen MR) is 68.5 cm³/mol. The molecule has 1 N–H and O–H groups in total. The lowest BCUT2D eigenvalue weighted by Crippen LogP contribution is -2.18. The van der Waals surface area contributed by atoms with E-state index in [9.17, 15) is 4.79 Å². The first-order valence-electron chi connectivity index (χ1n) is 5.12. The molecule has 2 rings (SSSR count). The lowest BCUT2D eigenvalue weighted by Gasteiger charge is -1.98. The first kappa shape index (κ1) is 12.2. The first-order valence-corrected chi connectivity index (χ1v) is 5.50. The molecule has 0 fully saturated rings. The van der Waals surface area contributed by atoms with Gasteiger partial charge in [-0.25, -0.2) is 10.4 Å². The smallest absolute Gasteiger partial charge is 0.266 e. The molecule has 5 nitrogen and oxygen atoms in total. The highest BCUT2D eigenvalue weighted by molar-refractivity contribution is 6.31. The van der Waals surface area contributed by atoms with Crippen molar-refractivity contribution >= 4 is 23.7 Å². The highest BCUT2D eigenvalue weighted by Gasteiger charge is 2.03. The van der Waals surface area contributed by atoms with Crippen LogP contribution in [0, 0.1) is 0 Å². The summed E-state index contributed by atoms with van der Waals surface area (Å²) in [7, 11) is 0. The van der Waals surface area contributed by atoms with Crippen molar-refractivity contribution in [2.75, 3.05) is 0 Å². The van der Waals surface area contributed by atoms with Crippen molar-refractivity contribution in [1.82, 2.24) is 15.4 Å². The van der Waals surface area contributed by atoms with E-state index in [2.05, 4.69) is 20.5 Å². The van der Waals surface area contributed by atoms with Crippen molar-refractivity contribution in [2.45, 2.75) is 0 Å². The topological polar surface area (TPSA) is 67.2 Å². The SMILES string of the molecule is O=C(N/N=C/c1cccnc1Cl)c1ccccn1. The molecule has 2 aromatic rings. The van der Waals surface area contributed by atoms with Gasteiger partial charge in [-0.1, -0.05) is 17.7 Å². The normalized spacial score (nSPS) is 10.5. The van der Waals surface area contributed by atoms with Crippen LogP contribution in [0.15, 0.2) is 47.8 Å². The molecule has 6 heteroatoms. The van der Waals surface area contributed by atoms with Crippen LogP contribution >= 0.6 is 11.6 Å². The molecule has 0 aliphatic heterocycles. The number of rotatable bonds is 3. The molecule has 90 valence electrons. The minimum Gasteiger partial charge on any atom is -0.266 e. The molecule has 0 bridgehead atoms. The second kappa shape index (κ2) is 5.88. The minimum atomic E-state index is -0.383. The Balaban J connectivity index is 2.00. The Hall–Kier alpha value is -2.27. The summed E-state index contributed by atoms with van der Waals surface area (Å²) < 4.78 is 0. The van der Waals surface area contributed by atoms with E-state index < -0.39 is 0 Å². The Bertz CT molecular complexity index is 571. The lowest BCUT2D eigenvalue weighted by molar-refractivity contribution is 0.0950. The van der Waals surface area contributed by atoms with Gasteiger partial charge >= 0.3 is 0 Å². The fourth-order valence-electron chi connectivity index (χ4n) is 1.21. The van der Waals surface area contributed by atoms with Crippen LogP contribution < -0.4 is 5.43 Å². The summed E-state index contributed by atoms with van der Waals surface area (Å²) in [6.45, 7) is 0. The van der Waals surface area contributed by atoms with Gasteiger partial charge in [0, 0.05) is 18.0 Å². The highest BCUT2D eigenvalue weighted by atomic mass is 35.5. The monoisotopic (exact) mass is 260 g/mol. The first-order chi connectivity index (χ1) is 8.77. The molecular weight excluding hydrogens is 252 g/mol. The molecule has 18 heavy (non-hydrogen) atoms. The molecule has 2 heterocycles. The summed E-state index contributed by atoms with van der Waals surface area (Å²) in [5.41, 5.74) is 3.28. The fraction of sp³-hybridized carbons (Fsp3) is 0. The summed E-state index contributed by atoms with van der Waals surface area (Å²) in [6.07, 6.45) is 4.54. The van der Waals surface area contributed by atoms with E-state index in [1.165, 1.54) is 12.4 Å². The number of amides is 1. The van der Waals surface area contributed by atoms with E-state index in [0.717, 1.165) is 0 Å². The van der Waals surface area contributed by atoms with Crippen molar-refractivity contribution in [2.24, 2.45) is 5.10 Å². The average molecular weight is 261 g/mol. The number of hydrazone groups is 1. The minimum absolute atomic E-state index is 0.298. The lowest BCUT2D eigenvalue weighted by atomic mass is 10.3. The second-order valence-corrected chi connectivity index (χ2v) is 3.66. The number of carbonyl (C=O) groups excluding carboxylic acids is 1. The van der Waals surface area contributed by atoms with Gasteiger partial charge in [-0.15, -0.1) is 0 Å². The fourth-order valence-corrected chi connectivity index (χ4v) is 1.38. The number of halogens is 1. The quantitative estimate of drug-likeness (QED) is 0.521. The highest BCUT2D eigenvalue weighted by Crippen LogP contribution is 2.08. The maximum absolute atomic E-state index is 11.6. The van der Waals surface area contributed by atoms with Crippen molar-refractivity contribution in [1.29, 1.82) is 0 Å². The van der Waals surface area contributed by atoms with Gasteiger partial charge < -0.3 is 0 Å². The number of hydrogen-bond donors (Lipinski definition) is 1. The standard InChI is InChI=1S/C12H9ClN4O/c13-11-9(4-3-7-15-11)8-16-17-12(18)10-5-1-2-6-14-10/h1-8H,(H,17,18)/b16-8+. The Morgan fingerprint density at radius 2 is 2.06 bits per heavy atom. The van der Waals surface area contributed by atoms with Gasteiger partial charge in [0.15, 0.2) is 0 Å². The van der Waals surface area contributed by atoms with E-state index in [0.29, 0.717) is 16.4 Å². The molecule has 0 saturated carbocycles. The molecule has 2 aromatic heterocycles. The van der Waals surface area contributed by atoms with Crippen molar-refractivity contribution < 1.29 is 4.79 Å². The van der Waals surface area contributed by atoms with E-state index in [-0.39, 0.29) is 5.91 Å². The summed E-state index contributed by atoms with van der Waals surface area (Å²) in [6, 6.07) is 8.53. The van der Waals surface area contributed by atoms with Gasteiger partial charge in [-0.2, -0.15) is 5.10 Å². The van der Waals surface area contributed by atoms with Crippen LogP contribution in [0.4, 0.5) is 0 Å². The average Bonchev–Trinajstić information content (AvgIpc) is 2.42. The number of aromatic nitrogens is 2. The van der Waals surface area contributed by atoms with Gasteiger partial charge in [-0.3, -0.25) is 9.78 Å². The number of hydrogen-bond acceptors (Lipinski definition) is 4. The van der Waals surface area contributed by atoms with Crippen molar-refractivity contribution in [3.63, 3.8) is 0 Å². The van der Waals surface area contributed by atoms with Crippen LogP contribution in [-0.4, -0.2) is 22.1 Å². The Kier molecular flexibility index (Phi) is 3.98. The second-order valence-electron chi connectivity index (χ2n) is 3.30. The zero-order chi connectivity index (χ0) is 12.8. The number of pyridine rings is 2. The molecule has 0 unspecified atom stereocenters. The number of carbonyl (C=O) groups is 1. The van der Waals surface area contributed by atoms with Crippen LogP contribution in [0.1, 0.15) is 16.1 Å². The largest absolute Gasteiger partial charge is 0.289 e. The third-order valence-electron chi connectivity index (χ3n) is 2.06. The van der Waals surface area contributed by atoms with E-state index in [4.69, 9.17) is 11.6 Å². The molecule has 0 aliphatic rings. The third-order valence-corrected chi connectivity index (χ3v) is 2.37. The van der Waals surface area contributed by atoms with E-state index in [1.807, 2.05) is 0 Å². The maximum atomic E-state index is 11.6. The van der Waals surface area contributed by atoms with Gasteiger partial charge in [0.25, 0.3) is 5.91 Å². The van der Waals surface area contributed by atoms with E-state index in [1.54, 1.807) is 36.5 Å². The Morgan fingerprint density at radius 3 is 2.78 bits per heavy atom. The summed E-state index contributed by atoms with van der Waals surface area (Å²) >= 11 is 5.83. The van der Waals surface area contributed by atoms with Gasteiger partial charge in [-0.05, 0) is 24.3 Å². The van der Waals surface area contributed by atoms with Crippen molar-refractivity contribution in [3.05, 3.63) is 59.1 Å². The summed E-state index contributed by atoms with van der Waals surface area (Å²) in [4.78, 5) is 19.4. The number of nitrogens with one attached hydrogen (secondary N) is 1. The summed E-state index contributed by atoms with van der Waals surface area (Å²) in [5, 5.41) is 4.12. The van der Waals surface area contributed by atoms with Crippen LogP contribution in [0.25, 0.3) is 0 Å². The van der Waals surface area contributed by atoms with Crippen LogP contribution in [0.3, 0.4) is 0 Å². The molecule has 0 radical (unpaired) electrons. The zero-order valence-corrected chi connectivity index (χ0v) is 10.0. The van der Waals surface area contributed by atoms with Gasteiger partial charge in [0.05, 0.1) is 6.21 Å². The summed E-state index contributed by atoms with van der Waals surface area (Å²) in [5.74, 6) is -0.383. The molecule has 0 aromatic carbocycles. The molecule has 0 aliphatic carbocycles. The van der Waals surface area contributed by atoms with Crippen LogP contribution in [-0.2, 0) is 0 Å². The van der Waals surface area contributed by atoms with Crippen molar-refractivity contribution in [3.8, 4) is 0 Å². The van der Waals surface area contributed by atoms with Crippen LogP contribution in [0.2, 0.25) is 5.15 Å². The predicted octanol–water partition coefficient (Wildman–Crippen LogP) is 1.89. The number of nitrogens with zero attached hydrogens (tertiary/aromatic N) is 3. The van der Waals surface area contributed by atoms with E-state index >= 15 is 0 Å². The molecule has 0 saturated heterocycles. The third kappa shape index (κ3) is 3.11. The van der Waals surface area contributed by atoms with Gasteiger partial charge in [0.2, 0.25) is 0 Å². The molecule has 1 amide bonds. The van der Waals surface area contributed by atoms with Gasteiger partial charge in [0.1, 0.15) is 10.8 Å². The Labute approximate surface area is 109 Å². The molecule has 0 atom stereocenters. The Morgan fingerprint density at radius 1 is 1.22 bits per heavy atom.